The molecule has 0 saturated heterocycles. The first-order valence-electron chi connectivity index (χ1n) is 7.03. The molecule has 1 aliphatic rings. The van der Waals surface area contributed by atoms with E-state index in [1.54, 1.807) is 0 Å². The van der Waals surface area contributed by atoms with Gasteiger partial charge in [0.2, 0.25) is 0 Å². The summed E-state index contributed by atoms with van der Waals surface area (Å²) in [5.41, 5.74) is -0.491. The largest absolute Gasteiger partial charge is 0.484 e. The van der Waals surface area contributed by atoms with Crippen molar-refractivity contribution < 1.29 is 32.6 Å². The number of carbonyl (C=O) groups is 2. The summed E-state index contributed by atoms with van der Waals surface area (Å²) in [6.45, 7) is -1.40. The maximum atomic E-state index is 12.1. The fourth-order valence-corrected chi connectivity index (χ4v) is 2.42. The van der Waals surface area contributed by atoms with Crippen LogP contribution in [0.1, 0.15) is 36.0 Å². The highest BCUT2D eigenvalue weighted by molar-refractivity contribution is 5.95. The average Bonchev–Trinajstić information content (AvgIpc) is 2.42. The van der Waals surface area contributed by atoms with E-state index in [4.69, 9.17) is 5.11 Å². The van der Waals surface area contributed by atoms with Crippen LogP contribution in [-0.4, -0.2) is 35.3 Å². The summed E-state index contributed by atoms with van der Waals surface area (Å²) >= 11 is 0. The van der Waals surface area contributed by atoms with E-state index in [1.807, 2.05) is 0 Å². The standard InChI is InChI=1S/C15H16F3NO4/c16-15(17,18)9-23-11-4-2-10(3-5-11)13(22)19-14(6-1-7-14)8-12(20)21/h2-5H,1,6-9H2,(H,19,22)(H,20,21). The normalized spacial score (nSPS) is 16.3. The third-order valence-corrected chi connectivity index (χ3v) is 3.70. The lowest BCUT2D eigenvalue weighted by Gasteiger charge is -2.41. The zero-order valence-electron chi connectivity index (χ0n) is 12.2. The molecule has 1 amide bonds. The Labute approximate surface area is 130 Å². The molecule has 0 unspecified atom stereocenters. The van der Waals surface area contributed by atoms with Gasteiger partial charge in [0.05, 0.1) is 12.0 Å². The van der Waals surface area contributed by atoms with Crippen LogP contribution >= 0.6 is 0 Å². The van der Waals surface area contributed by atoms with Crippen molar-refractivity contribution >= 4 is 11.9 Å². The highest BCUT2D eigenvalue weighted by Gasteiger charge is 2.40. The van der Waals surface area contributed by atoms with E-state index in [2.05, 4.69) is 10.1 Å². The minimum absolute atomic E-state index is 0.00256. The fourth-order valence-electron chi connectivity index (χ4n) is 2.42. The van der Waals surface area contributed by atoms with Gasteiger partial charge in [0.1, 0.15) is 5.75 Å². The van der Waals surface area contributed by atoms with Crippen molar-refractivity contribution in [2.24, 2.45) is 0 Å². The second-order valence-corrected chi connectivity index (χ2v) is 5.59. The minimum atomic E-state index is -4.43. The van der Waals surface area contributed by atoms with Gasteiger partial charge in [-0.2, -0.15) is 13.2 Å². The van der Waals surface area contributed by atoms with Crippen molar-refractivity contribution in [3.8, 4) is 5.75 Å². The molecule has 5 nitrogen and oxygen atoms in total. The second kappa shape index (κ2) is 6.47. The van der Waals surface area contributed by atoms with E-state index in [0.29, 0.717) is 12.8 Å². The van der Waals surface area contributed by atoms with Crippen LogP contribution in [0, 0.1) is 0 Å². The highest BCUT2D eigenvalue weighted by Crippen LogP contribution is 2.35. The van der Waals surface area contributed by atoms with Crippen LogP contribution in [0.25, 0.3) is 0 Å². The molecule has 0 heterocycles. The van der Waals surface area contributed by atoms with Crippen LogP contribution in [0.3, 0.4) is 0 Å². The number of amides is 1. The number of aliphatic carboxylic acids is 1. The first-order valence-corrected chi connectivity index (χ1v) is 7.03. The van der Waals surface area contributed by atoms with E-state index >= 15 is 0 Å². The van der Waals surface area contributed by atoms with Crippen molar-refractivity contribution in [1.82, 2.24) is 5.32 Å². The van der Waals surface area contributed by atoms with Gasteiger partial charge in [-0.1, -0.05) is 0 Å². The van der Waals surface area contributed by atoms with Gasteiger partial charge in [0.25, 0.3) is 5.91 Å². The van der Waals surface area contributed by atoms with Crippen LogP contribution in [-0.2, 0) is 4.79 Å². The number of ether oxygens (including phenoxy) is 1. The molecule has 23 heavy (non-hydrogen) atoms. The van der Waals surface area contributed by atoms with Gasteiger partial charge in [0.15, 0.2) is 6.61 Å². The van der Waals surface area contributed by atoms with Crippen molar-refractivity contribution in [2.45, 2.75) is 37.4 Å². The van der Waals surface area contributed by atoms with E-state index in [9.17, 15) is 22.8 Å². The predicted octanol–water partition coefficient (Wildman–Crippen LogP) is 2.75. The Balaban J connectivity index is 1.96. The molecule has 0 aliphatic heterocycles. The average molecular weight is 331 g/mol. The quantitative estimate of drug-likeness (QED) is 0.840. The van der Waals surface area contributed by atoms with Gasteiger partial charge < -0.3 is 15.2 Å². The van der Waals surface area contributed by atoms with Gasteiger partial charge in [-0.05, 0) is 43.5 Å². The second-order valence-electron chi connectivity index (χ2n) is 5.59. The van der Waals surface area contributed by atoms with Crippen LogP contribution in [0.2, 0.25) is 0 Å². The smallest absolute Gasteiger partial charge is 0.422 e. The summed E-state index contributed by atoms with van der Waals surface area (Å²) in [6.07, 6.45) is -2.54. The summed E-state index contributed by atoms with van der Waals surface area (Å²) < 4.78 is 40.7. The van der Waals surface area contributed by atoms with Crippen LogP contribution in [0.15, 0.2) is 24.3 Å². The summed E-state index contributed by atoms with van der Waals surface area (Å²) in [7, 11) is 0. The van der Waals surface area contributed by atoms with Crippen molar-refractivity contribution in [1.29, 1.82) is 0 Å². The Bertz CT molecular complexity index is 579. The molecule has 1 saturated carbocycles. The molecule has 1 aromatic rings. The Morgan fingerprint density at radius 1 is 1.22 bits per heavy atom. The lowest BCUT2D eigenvalue weighted by molar-refractivity contribution is -0.153. The topological polar surface area (TPSA) is 75.6 Å². The Morgan fingerprint density at radius 3 is 2.26 bits per heavy atom. The number of benzene rings is 1. The molecule has 2 rings (SSSR count). The van der Waals surface area contributed by atoms with Gasteiger partial charge in [-0.15, -0.1) is 0 Å². The van der Waals surface area contributed by atoms with E-state index in [-0.39, 0.29) is 17.7 Å². The number of hydrogen-bond donors (Lipinski definition) is 2. The van der Waals surface area contributed by atoms with E-state index < -0.39 is 30.2 Å². The van der Waals surface area contributed by atoms with E-state index in [0.717, 1.165) is 6.42 Å². The van der Waals surface area contributed by atoms with Crippen LogP contribution < -0.4 is 10.1 Å². The van der Waals surface area contributed by atoms with Crippen molar-refractivity contribution in [3.05, 3.63) is 29.8 Å². The zero-order valence-corrected chi connectivity index (χ0v) is 12.2. The SMILES string of the molecule is O=C(O)CC1(NC(=O)c2ccc(OCC(F)(F)F)cc2)CCC1. The van der Waals surface area contributed by atoms with Crippen LogP contribution in [0.5, 0.6) is 5.75 Å². The summed E-state index contributed by atoms with van der Waals surface area (Å²) in [6, 6.07) is 5.22. The van der Waals surface area contributed by atoms with Gasteiger partial charge in [-0.3, -0.25) is 9.59 Å². The molecule has 8 heteroatoms. The molecular formula is C15H16F3NO4. The number of hydrogen-bond acceptors (Lipinski definition) is 3. The molecule has 0 atom stereocenters. The maximum Gasteiger partial charge on any atom is 0.422 e. The van der Waals surface area contributed by atoms with Crippen LogP contribution in [0.4, 0.5) is 13.2 Å². The number of carbonyl (C=O) groups excluding carboxylic acids is 1. The number of halogens is 3. The monoisotopic (exact) mass is 331 g/mol. The molecule has 1 aromatic carbocycles. The third kappa shape index (κ3) is 4.87. The molecule has 0 spiro atoms. The number of carboxylic acids is 1. The van der Waals surface area contributed by atoms with Crippen molar-refractivity contribution in [3.63, 3.8) is 0 Å². The van der Waals surface area contributed by atoms with E-state index in [1.165, 1.54) is 24.3 Å². The van der Waals surface area contributed by atoms with Gasteiger partial charge >= 0.3 is 12.1 Å². The molecule has 0 radical (unpaired) electrons. The number of nitrogens with one attached hydrogen (secondary N) is 1. The molecule has 1 aliphatic carbocycles. The Kier molecular flexibility index (Phi) is 4.82. The van der Waals surface area contributed by atoms with Gasteiger partial charge in [-0.25, -0.2) is 0 Å². The lowest BCUT2D eigenvalue weighted by atomic mass is 9.74. The summed E-state index contributed by atoms with van der Waals surface area (Å²) in [4.78, 5) is 23.0. The zero-order chi connectivity index (χ0) is 17.1. The molecule has 2 N–H and O–H groups in total. The molecule has 0 bridgehead atoms. The minimum Gasteiger partial charge on any atom is -0.484 e. The summed E-state index contributed by atoms with van der Waals surface area (Å²) in [5, 5.41) is 11.6. The highest BCUT2D eigenvalue weighted by atomic mass is 19.4. The van der Waals surface area contributed by atoms with Gasteiger partial charge in [0, 0.05) is 5.56 Å². The Hall–Kier alpha value is -2.25. The number of rotatable bonds is 6. The third-order valence-electron chi connectivity index (χ3n) is 3.70. The number of alkyl halides is 3. The molecular weight excluding hydrogens is 315 g/mol. The molecule has 1 fully saturated rings. The lowest BCUT2D eigenvalue weighted by Crippen LogP contribution is -2.54. The Morgan fingerprint density at radius 2 is 1.83 bits per heavy atom. The molecule has 126 valence electrons. The first-order chi connectivity index (χ1) is 10.7. The first kappa shape index (κ1) is 17.1. The number of carboxylic acid groups (broad SMARTS) is 1. The fraction of sp³-hybridized carbons (Fsp3) is 0.467. The summed E-state index contributed by atoms with van der Waals surface area (Å²) in [5.74, 6) is -1.43. The van der Waals surface area contributed by atoms with Crippen molar-refractivity contribution in [2.75, 3.05) is 6.61 Å². The molecule has 0 aromatic heterocycles. The predicted molar refractivity (Wildman–Crippen MR) is 74.3 cm³/mol. The maximum absolute atomic E-state index is 12.1.